The Kier molecular flexibility index (Phi) is 4.32. The number of nitrogens with zero attached hydrogens (tertiary/aromatic N) is 2. The minimum Gasteiger partial charge on any atom is -0.425 e. The van der Waals surface area contributed by atoms with Crippen molar-refractivity contribution in [3.63, 3.8) is 0 Å². The Balaban J connectivity index is 1.86. The van der Waals surface area contributed by atoms with Gasteiger partial charge in [-0.25, -0.2) is 0 Å². The molecule has 0 unspecified atom stereocenters. The molecule has 3 nitrogen and oxygen atoms in total. The van der Waals surface area contributed by atoms with Gasteiger partial charge in [0, 0.05) is 18.7 Å². The molecular weight excluding hydrogens is 232 g/mol. The van der Waals surface area contributed by atoms with Gasteiger partial charge in [-0.2, -0.15) is 11.8 Å². The molecule has 2 rings (SSSR count). The van der Waals surface area contributed by atoms with Crippen LogP contribution in [0.5, 0.6) is 0 Å². The molecule has 5 heteroatoms. The van der Waals surface area contributed by atoms with Crippen molar-refractivity contribution < 1.29 is 4.42 Å². The molecular formula is C10H15ClN2OS. The lowest BCUT2D eigenvalue weighted by molar-refractivity contribution is 0.393. The van der Waals surface area contributed by atoms with Crippen LogP contribution in [0.15, 0.2) is 4.42 Å². The number of hydrogen-bond acceptors (Lipinski definition) is 4. The highest BCUT2D eigenvalue weighted by molar-refractivity contribution is 7.99. The lowest BCUT2D eigenvalue weighted by atomic mass is 9.99. The molecule has 84 valence electrons. The van der Waals surface area contributed by atoms with Gasteiger partial charge in [-0.1, -0.05) is 0 Å². The second kappa shape index (κ2) is 5.75. The van der Waals surface area contributed by atoms with Crippen LogP contribution in [0.4, 0.5) is 0 Å². The average Bonchev–Trinajstić information content (AvgIpc) is 2.68. The number of rotatable bonds is 4. The third-order valence-corrected chi connectivity index (χ3v) is 3.86. The quantitative estimate of drug-likeness (QED) is 0.766. The molecule has 0 bridgehead atoms. The Bertz CT molecular complexity index is 299. The normalized spacial score (nSPS) is 18.2. The van der Waals surface area contributed by atoms with Gasteiger partial charge in [0.1, 0.15) is 0 Å². The van der Waals surface area contributed by atoms with Crippen LogP contribution in [0.25, 0.3) is 0 Å². The number of thioether (sulfide) groups is 1. The first-order valence-corrected chi connectivity index (χ1v) is 7.02. The van der Waals surface area contributed by atoms with Crippen LogP contribution in [0.1, 0.15) is 24.6 Å². The molecule has 2 heterocycles. The molecule has 1 aliphatic rings. The molecule has 1 saturated heterocycles. The van der Waals surface area contributed by atoms with Crippen molar-refractivity contribution in [2.45, 2.75) is 25.7 Å². The topological polar surface area (TPSA) is 38.9 Å². The number of aromatic nitrogens is 2. The van der Waals surface area contributed by atoms with Gasteiger partial charge in [-0.15, -0.1) is 21.8 Å². The first-order valence-electron chi connectivity index (χ1n) is 5.33. The van der Waals surface area contributed by atoms with Crippen molar-refractivity contribution in [1.29, 1.82) is 0 Å². The van der Waals surface area contributed by atoms with Crippen molar-refractivity contribution in [3.8, 4) is 0 Å². The van der Waals surface area contributed by atoms with Gasteiger partial charge in [-0.05, 0) is 30.3 Å². The molecule has 0 aromatic carbocycles. The van der Waals surface area contributed by atoms with Gasteiger partial charge in [0.05, 0.1) is 0 Å². The molecule has 0 saturated carbocycles. The summed E-state index contributed by atoms with van der Waals surface area (Å²) in [6, 6.07) is 0. The first-order chi connectivity index (χ1) is 7.38. The molecule has 1 aromatic heterocycles. The van der Waals surface area contributed by atoms with E-state index in [1.165, 1.54) is 24.3 Å². The molecule has 1 aromatic rings. The maximum Gasteiger partial charge on any atom is 0.217 e. The van der Waals surface area contributed by atoms with Crippen LogP contribution in [0.3, 0.4) is 0 Å². The second-order valence-electron chi connectivity index (χ2n) is 3.79. The Morgan fingerprint density at radius 3 is 2.73 bits per heavy atom. The smallest absolute Gasteiger partial charge is 0.217 e. The molecule has 0 amide bonds. The summed E-state index contributed by atoms with van der Waals surface area (Å²) in [5.74, 6) is 5.27. The zero-order valence-electron chi connectivity index (χ0n) is 8.62. The Morgan fingerprint density at radius 2 is 2.00 bits per heavy atom. The Morgan fingerprint density at radius 1 is 1.27 bits per heavy atom. The Hall–Kier alpha value is -0.220. The van der Waals surface area contributed by atoms with E-state index < -0.39 is 0 Å². The van der Waals surface area contributed by atoms with E-state index in [4.69, 9.17) is 16.0 Å². The van der Waals surface area contributed by atoms with Crippen molar-refractivity contribution in [3.05, 3.63) is 11.8 Å². The van der Waals surface area contributed by atoms with Gasteiger partial charge in [-0.3, -0.25) is 0 Å². The van der Waals surface area contributed by atoms with Gasteiger partial charge < -0.3 is 4.42 Å². The number of hydrogen-bond donors (Lipinski definition) is 0. The fraction of sp³-hybridized carbons (Fsp3) is 0.800. The highest BCUT2D eigenvalue weighted by Gasteiger charge is 2.17. The van der Waals surface area contributed by atoms with Crippen molar-refractivity contribution in [2.24, 2.45) is 5.92 Å². The summed E-state index contributed by atoms with van der Waals surface area (Å²) in [6.07, 6.45) is 4.17. The molecule has 0 N–H and O–H groups in total. The van der Waals surface area contributed by atoms with E-state index in [0.29, 0.717) is 18.2 Å². The van der Waals surface area contributed by atoms with Crippen LogP contribution >= 0.6 is 23.4 Å². The maximum absolute atomic E-state index is 5.61. The molecule has 0 atom stereocenters. The second-order valence-corrected chi connectivity index (χ2v) is 5.39. The van der Waals surface area contributed by atoms with Crippen LogP contribution in [-0.2, 0) is 12.8 Å². The van der Waals surface area contributed by atoms with Gasteiger partial charge in [0.25, 0.3) is 0 Å². The fourth-order valence-electron chi connectivity index (χ4n) is 1.75. The van der Waals surface area contributed by atoms with E-state index in [0.717, 1.165) is 18.2 Å². The molecule has 0 radical (unpaired) electrons. The van der Waals surface area contributed by atoms with Gasteiger partial charge in [0.2, 0.25) is 11.8 Å². The van der Waals surface area contributed by atoms with Gasteiger partial charge >= 0.3 is 0 Å². The molecule has 1 aliphatic heterocycles. The summed E-state index contributed by atoms with van der Waals surface area (Å²) in [5.41, 5.74) is 0. The molecule has 15 heavy (non-hydrogen) atoms. The summed E-state index contributed by atoms with van der Waals surface area (Å²) >= 11 is 7.65. The minimum absolute atomic E-state index is 0.543. The summed E-state index contributed by atoms with van der Waals surface area (Å²) < 4.78 is 5.51. The van der Waals surface area contributed by atoms with Gasteiger partial charge in [0.15, 0.2) is 0 Å². The highest BCUT2D eigenvalue weighted by Crippen LogP contribution is 2.25. The predicted octanol–water partition coefficient (Wildman–Crippen LogP) is 2.54. The van der Waals surface area contributed by atoms with Crippen LogP contribution in [0, 0.1) is 5.92 Å². The lowest BCUT2D eigenvalue weighted by Crippen LogP contribution is -2.12. The summed E-state index contributed by atoms with van der Waals surface area (Å²) in [5, 5.41) is 8.01. The SMILES string of the molecule is ClCCc1nnc(CC2CCSCC2)o1. The lowest BCUT2D eigenvalue weighted by Gasteiger charge is -2.19. The van der Waals surface area contributed by atoms with Crippen LogP contribution in [-0.4, -0.2) is 27.6 Å². The van der Waals surface area contributed by atoms with E-state index in [1.807, 2.05) is 11.8 Å². The summed E-state index contributed by atoms with van der Waals surface area (Å²) in [6.45, 7) is 0. The van der Waals surface area contributed by atoms with E-state index >= 15 is 0 Å². The van der Waals surface area contributed by atoms with E-state index in [1.54, 1.807) is 0 Å². The third kappa shape index (κ3) is 3.38. The van der Waals surface area contributed by atoms with Crippen molar-refractivity contribution in [1.82, 2.24) is 10.2 Å². The Labute approximate surface area is 99.0 Å². The minimum atomic E-state index is 0.543. The third-order valence-electron chi connectivity index (χ3n) is 2.62. The monoisotopic (exact) mass is 246 g/mol. The van der Waals surface area contributed by atoms with Crippen LogP contribution in [0.2, 0.25) is 0 Å². The number of aryl methyl sites for hydroxylation is 1. The van der Waals surface area contributed by atoms with Crippen LogP contribution < -0.4 is 0 Å². The maximum atomic E-state index is 5.61. The number of halogens is 1. The molecule has 1 fully saturated rings. The fourth-order valence-corrected chi connectivity index (χ4v) is 3.12. The summed E-state index contributed by atoms with van der Waals surface area (Å²) in [7, 11) is 0. The first kappa shape index (κ1) is 11.3. The largest absolute Gasteiger partial charge is 0.425 e. The average molecular weight is 247 g/mol. The zero-order chi connectivity index (χ0) is 10.5. The summed E-state index contributed by atoms with van der Waals surface area (Å²) in [4.78, 5) is 0. The van der Waals surface area contributed by atoms with E-state index in [2.05, 4.69) is 10.2 Å². The standard InChI is InChI=1S/C10H15ClN2OS/c11-4-1-9-12-13-10(14-9)7-8-2-5-15-6-3-8/h8H,1-7H2. The molecule has 0 spiro atoms. The van der Waals surface area contributed by atoms with Crippen molar-refractivity contribution >= 4 is 23.4 Å². The predicted molar refractivity (Wildman–Crippen MR) is 62.5 cm³/mol. The highest BCUT2D eigenvalue weighted by atomic mass is 35.5. The zero-order valence-corrected chi connectivity index (χ0v) is 10.2. The van der Waals surface area contributed by atoms with E-state index in [-0.39, 0.29) is 0 Å². The van der Waals surface area contributed by atoms with E-state index in [9.17, 15) is 0 Å². The molecule has 0 aliphatic carbocycles. The number of alkyl halides is 1. The van der Waals surface area contributed by atoms with Crippen molar-refractivity contribution in [2.75, 3.05) is 17.4 Å².